The number of piperidine rings is 1. The summed E-state index contributed by atoms with van der Waals surface area (Å²) in [7, 11) is 0. The first kappa shape index (κ1) is 14.3. The average molecular weight is 255 g/mol. The van der Waals surface area contributed by atoms with Gasteiger partial charge in [-0.15, -0.1) is 0 Å². The standard InChI is InChI=1S/C15H29NO2/c1-2-10-18-15-4-3-9-16(12-15)11-13-5-7-14(17)8-6-13/h13-15,17H,2-12H2,1H3. The molecule has 2 fully saturated rings. The van der Waals surface area contributed by atoms with Gasteiger partial charge in [0.25, 0.3) is 0 Å². The van der Waals surface area contributed by atoms with Crippen molar-refractivity contribution in [1.29, 1.82) is 0 Å². The number of aliphatic hydroxyl groups excluding tert-OH is 1. The smallest absolute Gasteiger partial charge is 0.0702 e. The molecule has 0 spiro atoms. The lowest BCUT2D eigenvalue weighted by atomic mass is 9.87. The first-order chi connectivity index (χ1) is 8.78. The molecule has 3 nitrogen and oxygen atoms in total. The third-order valence-corrected chi connectivity index (χ3v) is 4.35. The molecule has 1 unspecified atom stereocenters. The van der Waals surface area contributed by atoms with Crippen molar-refractivity contribution in [3.63, 3.8) is 0 Å². The maximum atomic E-state index is 9.54. The lowest BCUT2D eigenvalue weighted by Crippen LogP contribution is -2.42. The molecule has 106 valence electrons. The fraction of sp³-hybridized carbons (Fsp3) is 1.00. The van der Waals surface area contributed by atoms with E-state index in [4.69, 9.17) is 4.74 Å². The van der Waals surface area contributed by atoms with E-state index in [0.29, 0.717) is 6.10 Å². The third-order valence-electron chi connectivity index (χ3n) is 4.35. The van der Waals surface area contributed by atoms with Crippen LogP contribution in [0.15, 0.2) is 0 Å². The fourth-order valence-electron chi connectivity index (χ4n) is 3.29. The summed E-state index contributed by atoms with van der Waals surface area (Å²) < 4.78 is 5.89. The Morgan fingerprint density at radius 2 is 1.94 bits per heavy atom. The summed E-state index contributed by atoms with van der Waals surface area (Å²) in [6, 6.07) is 0. The van der Waals surface area contributed by atoms with Crippen molar-refractivity contribution in [2.75, 3.05) is 26.2 Å². The summed E-state index contributed by atoms with van der Waals surface area (Å²) in [6.07, 6.45) is 8.51. The lowest BCUT2D eigenvalue weighted by molar-refractivity contribution is -0.00759. The summed E-state index contributed by atoms with van der Waals surface area (Å²) in [4.78, 5) is 2.59. The van der Waals surface area contributed by atoms with Crippen LogP contribution in [0, 0.1) is 5.92 Å². The molecule has 2 aliphatic rings. The van der Waals surface area contributed by atoms with Gasteiger partial charge in [0.15, 0.2) is 0 Å². The summed E-state index contributed by atoms with van der Waals surface area (Å²) in [5.74, 6) is 0.804. The van der Waals surface area contributed by atoms with Crippen molar-refractivity contribution in [1.82, 2.24) is 4.90 Å². The van der Waals surface area contributed by atoms with Gasteiger partial charge in [0.1, 0.15) is 0 Å². The number of hydrogen-bond acceptors (Lipinski definition) is 3. The Morgan fingerprint density at radius 1 is 1.17 bits per heavy atom. The Bertz CT molecular complexity index is 227. The SMILES string of the molecule is CCCOC1CCCN(CC2CCC(O)CC2)C1. The second-order valence-corrected chi connectivity index (χ2v) is 6.07. The number of ether oxygens (including phenoxy) is 1. The van der Waals surface area contributed by atoms with Crippen LogP contribution in [0.3, 0.4) is 0 Å². The Kier molecular flexibility index (Phi) is 5.93. The van der Waals surface area contributed by atoms with Gasteiger partial charge < -0.3 is 14.7 Å². The fourth-order valence-corrected chi connectivity index (χ4v) is 3.29. The maximum absolute atomic E-state index is 9.54. The Hall–Kier alpha value is -0.120. The Morgan fingerprint density at radius 3 is 2.67 bits per heavy atom. The van der Waals surface area contributed by atoms with Crippen LogP contribution in [0.25, 0.3) is 0 Å². The molecular weight excluding hydrogens is 226 g/mol. The van der Waals surface area contributed by atoms with Crippen molar-refractivity contribution < 1.29 is 9.84 Å². The van der Waals surface area contributed by atoms with Gasteiger partial charge in [-0.3, -0.25) is 0 Å². The van der Waals surface area contributed by atoms with Crippen LogP contribution >= 0.6 is 0 Å². The molecule has 1 aliphatic heterocycles. The summed E-state index contributed by atoms with van der Waals surface area (Å²) in [6.45, 7) is 6.67. The molecule has 0 bridgehead atoms. The van der Waals surface area contributed by atoms with Crippen molar-refractivity contribution in [3.8, 4) is 0 Å². The van der Waals surface area contributed by atoms with Crippen molar-refractivity contribution in [3.05, 3.63) is 0 Å². The molecular formula is C15H29NO2. The van der Waals surface area contributed by atoms with Gasteiger partial charge in [0.2, 0.25) is 0 Å². The van der Waals surface area contributed by atoms with Gasteiger partial charge in [-0.05, 0) is 57.4 Å². The van der Waals surface area contributed by atoms with Gasteiger partial charge in [-0.2, -0.15) is 0 Å². The average Bonchev–Trinajstić information content (AvgIpc) is 2.40. The molecule has 18 heavy (non-hydrogen) atoms. The van der Waals surface area contributed by atoms with Gasteiger partial charge in [-0.25, -0.2) is 0 Å². The van der Waals surface area contributed by atoms with Crippen LogP contribution in [0.5, 0.6) is 0 Å². The Balaban J connectivity index is 1.68. The van der Waals surface area contributed by atoms with E-state index in [2.05, 4.69) is 11.8 Å². The van der Waals surface area contributed by atoms with E-state index in [-0.39, 0.29) is 6.10 Å². The highest BCUT2D eigenvalue weighted by atomic mass is 16.5. The van der Waals surface area contributed by atoms with Gasteiger partial charge in [0, 0.05) is 19.7 Å². The summed E-state index contributed by atoms with van der Waals surface area (Å²) in [5.41, 5.74) is 0. The van der Waals surface area contributed by atoms with Crippen LogP contribution in [-0.2, 0) is 4.74 Å². The minimum Gasteiger partial charge on any atom is -0.393 e. The molecule has 2 rings (SSSR count). The molecule has 1 aliphatic carbocycles. The van der Waals surface area contributed by atoms with Crippen LogP contribution < -0.4 is 0 Å². The van der Waals surface area contributed by atoms with Crippen molar-refractivity contribution >= 4 is 0 Å². The van der Waals surface area contributed by atoms with Crippen LogP contribution in [0.2, 0.25) is 0 Å². The first-order valence-electron chi connectivity index (χ1n) is 7.80. The zero-order chi connectivity index (χ0) is 12.8. The predicted octanol–water partition coefficient (Wildman–Crippen LogP) is 2.43. The zero-order valence-corrected chi connectivity index (χ0v) is 11.8. The number of aliphatic hydroxyl groups is 1. The predicted molar refractivity (Wildman–Crippen MR) is 73.7 cm³/mol. The quantitative estimate of drug-likeness (QED) is 0.819. The number of likely N-dealkylation sites (tertiary alicyclic amines) is 1. The number of hydrogen-bond donors (Lipinski definition) is 1. The molecule has 1 atom stereocenters. The highest BCUT2D eigenvalue weighted by Crippen LogP contribution is 2.26. The topological polar surface area (TPSA) is 32.7 Å². The van der Waals surface area contributed by atoms with E-state index < -0.39 is 0 Å². The van der Waals surface area contributed by atoms with E-state index in [0.717, 1.165) is 38.3 Å². The minimum absolute atomic E-state index is 0.0248. The largest absolute Gasteiger partial charge is 0.393 e. The monoisotopic (exact) mass is 255 g/mol. The molecule has 1 N–H and O–H groups in total. The van der Waals surface area contributed by atoms with E-state index in [1.54, 1.807) is 0 Å². The van der Waals surface area contributed by atoms with E-state index in [9.17, 15) is 5.11 Å². The molecule has 0 aromatic carbocycles. The van der Waals surface area contributed by atoms with Crippen LogP contribution in [0.1, 0.15) is 51.9 Å². The molecule has 1 saturated carbocycles. The van der Waals surface area contributed by atoms with E-state index in [1.807, 2.05) is 0 Å². The molecule has 0 aromatic rings. The van der Waals surface area contributed by atoms with E-state index in [1.165, 1.54) is 38.8 Å². The second-order valence-electron chi connectivity index (χ2n) is 6.07. The molecule has 1 heterocycles. The maximum Gasteiger partial charge on any atom is 0.0702 e. The molecule has 0 aromatic heterocycles. The molecule has 1 saturated heterocycles. The first-order valence-corrected chi connectivity index (χ1v) is 7.80. The highest BCUT2D eigenvalue weighted by Gasteiger charge is 2.25. The van der Waals surface area contributed by atoms with Crippen molar-refractivity contribution in [2.45, 2.75) is 64.1 Å². The van der Waals surface area contributed by atoms with Crippen molar-refractivity contribution in [2.24, 2.45) is 5.92 Å². The van der Waals surface area contributed by atoms with E-state index >= 15 is 0 Å². The lowest BCUT2D eigenvalue weighted by Gasteiger charge is -2.36. The van der Waals surface area contributed by atoms with Gasteiger partial charge in [0.05, 0.1) is 12.2 Å². The Labute approximate surface area is 112 Å². The number of nitrogens with zero attached hydrogens (tertiary/aromatic N) is 1. The van der Waals surface area contributed by atoms with Gasteiger partial charge >= 0.3 is 0 Å². The summed E-state index contributed by atoms with van der Waals surface area (Å²) >= 11 is 0. The normalized spacial score (nSPS) is 34.7. The molecule has 3 heteroatoms. The zero-order valence-electron chi connectivity index (χ0n) is 11.8. The second kappa shape index (κ2) is 7.46. The molecule has 0 amide bonds. The van der Waals surface area contributed by atoms with Gasteiger partial charge in [-0.1, -0.05) is 6.92 Å². The summed E-state index contributed by atoms with van der Waals surface area (Å²) in [5, 5.41) is 9.54. The molecule has 0 radical (unpaired) electrons. The van der Waals surface area contributed by atoms with Crippen LogP contribution in [-0.4, -0.2) is 48.5 Å². The number of rotatable bonds is 5. The minimum atomic E-state index is -0.0248. The highest BCUT2D eigenvalue weighted by molar-refractivity contribution is 4.79. The third kappa shape index (κ3) is 4.52. The van der Waals surface area contributed by atoms with Crippen LogP contribution in [0.4, 0.5) is 0 Å².